The van der Waals surface area contributed by atoms with E-state index in [-0.39, 0.29) is 12.3 Å². The average molecular weight is 295 g/mol. The van der Waals surface area contributed by atoms with Crippen LogP contribution in [0.1, 0.15) is 5.56 Å². The molecule has 0 aliphatic heterocycles. The van der Waals surface area contributed by atoms with Crippen LogP contribution in [0.5, 0.6) is 0 Å². The molecule has 0 heterocycles. The minimum absolute atomic E-state index is 0.149. The van der Waals surface area contributed by atoms with Crippen LogP contribution >= 0.6 is 23.2 Å². The van der Waals surface area contributed by atoms with E-state index in [2.05, 4.69) is 5.32 Å². The van der Waals surface area contributed by atoms with Crippen molar-refractivity contribution in [3.05, 3.63) is 58.1 Å². The summed E-state index contributed by atoms with van der Waals surface area (Å²) in [5.74, 6) is -0.149. The Hall–Kier alpha value is -1.71. The van der Waals surface area contributed by atoms with Crippen molar-refractivity contribution in [3.63, 3.8) is 0 Å². The Morgan fingerprint density at radius 1 is 1.11 bits per heavy atom. The molecule has 98 valence electrons. The normalized spacial score (nSPS) is 10.2. The highest BCUT2D eigenvalue weighted by atomic mass is 35.5. The molecule has 2 rings (SSSR count). The van der Waals surface area contributed by atoms with Crippen molar-refractivity contribution in [1.29, 1.82) is 0 Å². The largest absolute Gasteiger partial charge is 0.399 e. The molecule has 2 aromatic rings. The van der Waals surface area contributed by atoms with Crippen molar-refractivity contribution < 1.29 is 4.79 Å². The third-order valence-corrected chi connectivity index (χ3v) is 2.90. The van der Waals surface area contributed by atoms with Crippen LogP contribution in [-0.4, -0.2) is 5.91 Å². The predicted molar refractivity (Wildman–Crippen MR) is 79.7 cm³/mol. The highest BCUT2D eigenvalue weighted by Gasteiger charge is 2.06. The van der Waals surface area contributed by atoms with Gasteiger partial charge in [0.1, 0.15) is 0 Å². The van der Waals surface area contributed by atoms with Gasteiger partial charge in [0, 0.05) is 21.4 Å². The molecule has 0 spiro atoms. The standard InChI is InChI=1S/C14H12Cl2N2O/c15-10-6-11(16)8-13(7-10)18-14(19)5-9-2-1-3-12(17)4-9/h1-4,6-8H,5,17H2,(H,18,19). The molecular weight excluding hydrogens is 283 g/mol. The van der Waals surface area contributed by atoms with Crippen molar-refractivity contribution >= 4 is 40.5 Å². The molecule has 0 atom stereocenters. The lowest BCUT2D eigenvalue weighted by Gasteiger charge is -2.07. The van der Waals surface area contributed by atoms with E-state index in [1.54, 1.807) is 30.3 Å². The Kier molecular flexibility index (Phi) is 4.30. The molecule has 0 bridgehead atoms. The molecule has 19 heavy (non-hydrogen) atoms. The Morgan fingerprint density at radius 3 is 2.42 bits per heavy atom. The van der Waals surface area contributed by atoms with Gasteiger partial charge in [0.05, 0.1) is 6.42 Å². The summed E-state index contributed by atoms with van der Waals surface area (Å²) >= 11 is 11.7. The molecule has 2 aromatic carbocycles. The van der Waals surface area contributed by atoms with Crippen LogP contribution in [0.25, 0.3) is 0 Å². The first-order valence-corrected chi connectivity index (χ1v) is 6.39. The van der Waals surface area contributed by atoms with E-state index in [0.717, 1.165) is 5.56 Å². The molecule has 3 N–H and O–H groups in total. The topological polar surface area (TPSA) is 55.1 Å². The summed E-state index contributed by atoms with van der Waals surface area (Å²) in [6.45, 7) is 0. The molecule has 0 saturated heterocycles. The minimum atomic E-state index is -0.149. The molecule has 0 aliphatic carbocycles. The first kappa shape index (κ1) is 13.7. The van der Waals surface area contributed by atoms with Crippen LogP contribution in [-0.2, 0) is 11.2 Å². The zero-order valence-corrected chi connectivity index (χ0v) is 11.5. The first-order valence-electron chi connectivity index (χ1n) is 5.63. The smallest absolute Gasteiger partial charge is 0.228 e. The summed E-state index contributed by atoms with van der Waals surface area (Å²) in [6.07, 6.45) is 0.245. The lowest BCUT2D eigenvalue weighted by atomic mass is 10.1. The van der Waals surface area contributed by atoms with Crippen molar-refractivity contribution in [2.45, 2.75) is 6.42 Å². The molecule has 5 heteroatoms. The van der Waals surface area contributed by atoms with Crippen molar-refractivity contribution in [2.75, 3.05) is 11.1 Å². The van der Waals surface area contributed by atoms with E-state index < -0.39 is 0 Å². The summed E-state index contributed by atoms with van der Waals surface area (Å²) in [4.78, 5) is 11.9. The Morgan fingerprint density at radius 2 is 1.79 bits per heavy atom. The van der Waals surface area contributed by atoms with Gasteiger partial charge >= 0.3 is 0 Å². The molecule has 1 amide bonds. The van der Waals surface area contributed by atoms with Gasteiger partial charge in [-0.05, 0) is 35.9 Å². The predicted octanol–water partition coefficient (Wildman–Crippen LogP) is 3.76. The number of amides is 1. The third kappa shape index (κ3) is 4.16. The second-order valence-corrected chi connectivity index (χ2v) is 5.00. The molecule has 3 nitrogen and oxygen atoms in total. The van der Waals surface area contributed by atoms with Gasteiger partial charge in [0.25, 0.3) is 0 Å². The summed E-state index contributed by atoms with van der Waals surface area (Å²) in [7, 11) is 0. The molecule has 0 fully saturated rings. The van der Waals surface area contributed by atoms with Crippen LogP contribution in [0.15, 0.2) is 42.5 Å². The van der Waals surface area contributed by atoms with Gasteiger partial charge in [-0.1, -0.05) is 35.3 Å². The molecule has 0 radical (unpaired) electrons. The minimum Gasteiger partial charge on any atom is -0.399 e. The van der Waals surface area contributed by atoms with Gasteiger partial charge in [0.15, 0.2) is 0 Å². The van der Waals surface area contributed by atoms with E-state index >= 15 is 0 Å². The SMILES string of the molecule is Nc1cccc(CC(=O)Nc2cc(Cl)cc(Cl)c2)c1. The number of benzene rings is 2. The number of carbonyl (C=O) groups is 1. The van der Waals surface area contributed by atoms with Gasteiger partial charge < -0.3 is 11.1 Å². The van der Waals surface area contributed by atoms with Crippen LogP contribution in [0, 0.1) is 0 Å². The number of anilines is 2. The highest BCUT2D eigenvalue weighted by molar-refractivity contribution is 6.35. The second kappa shape index (κ2) is 5.95. The molecule has 0 aromatic heterocycles. The van der Waals surface area contributed by atoms with Crippen LogP contribution in [0.3, 0.4) is 0 Å². The van der Waals surface area contributed by atoms with E-state index in [0.29, 0.717) is 21.4 Å². The van der Waals surface area contributed by atoms with Crippen LogP contribution < -0.4 is 11.1 Å². The number of nitrogens with two attached hydrogens (primary N) is 1. The molecule has 0 saturated carbocycles. The van der Waals surface area contributed by atoms with Gasteiger partial charge in [-0.3, -0.25) is 4.79 Å². The zero-order valence-electron chi connectivity index (χ0n) is 9.99. The zero-order chi connectivity index (χ0) is 13.8. The number of nitrogen functional groups attached to an aromatic ring is 1. The number of rotatable bonds is 3. The summed E-state index contributed by atoms with van der Waals surface area (Å²) in [6, 6.07) is 12.1. The second-order valence-electron chi connectivity index (χ2n) is 4.13. The van der Waals surface area contributed by atoms with Crippen LogP contribution in [0.4, 0.5) is 11.4 Å². The van der Waals surface area contributed by atoms with Crippen LogP contribution in [0.2, 0.25) is 10.0 Å². The fraction of sp³-hybridized carbons (Fsp3) is 0.0714. The lowest BCUT2D eigenvalue weighted by Crippen LogP contribution is -2.14. The molecular formula is C14H12Cl2N2O. The maximum atomic E-state index is 11.9. The molecule has 0 unspecified atom stereocenters. The summed E-state index contributed by atoms with van der Waals surface area (Å²) < 4.78 is 0. The van der Waals surface area contributed by atoms with Gasteiger partial charge in [0.2, 0.25) is 5.91 Å². The number of nitrogens with one attached hydrogen (secondary N) is 1. The number of halogens is 2. The van der Waals surface area contributed by atoms with Gasteiger partial charge in [-0.25, -0.2) is 0 Å². The fourth-order valence-corrected chi connectivity index (χ4v) is 2.25. The maximum Gasteiger partial charge on any atom is 0.228 e. The quantitative estimate of drug-likeness (QED) is 0.847. The number of hydrogen-bond acceptors (Lipinski definition) is 2. The summed E-state index contributed by atoms with van der Waals surface area (Å²) in [5, 5.41) is 3.70. The van der Waals surface area contributed by atoms with Crippen molar-refractivity contribution in [3.8, 4) is 0 Å². The number of carbonyl (C=O) groups excluding carboxylic acids is 1. The lowest BCUT2D eigenvalue weighted by molar-refractivity contribution is -0.115. The van der Waals surface area contributed by atoms with E-state index in [1.165, 1.54) is 0 Å². The van der Waals surface area contributed by atoms with Gasteiger partial charge in [-0.15, -0.1) is 0 Å². The summed E-state index contributed by atoms with van der Waals surface area (Å²) in [5.41, 5.74) is 7.72. The fourth-order valence-electron chi connectivity index (χ4n) is 1.72. The number of hydrogen-bond donors (Lipinski definition) is 2. The highest BCUT2D eigenvalue weighted by Crippen LogP contribution is 2.22. The van der Waals surface area contributed by atoms with E-state index in [1.807, 2.05) is 12.1 Å². The third-order valence-electron chi connectivity index (χ3n) is 2.46. The Labute approximate surface area is 121 Å². The van der Waals surface area contributed by atoms with Gasteiger partial charge in [-0.2, -0.15) is 0 Å². The monoisotopic (exact) mass is 294 g/mol. The Bertz CT molecular complexity index is 594. The Balaban J connectivity index is 2.05. The van der Waals surface area contributed by atoms with E-state index in [9.17, 15) is 4.79 Å². The van der Waals surface area contributed by atoms with Crippen molar-refractivity contribution in [1.82, 2.24) is 0 Å². The van der Waals surface area contributed by atoms with Crippen molar-refractivity contribution in [2.24, 2.45) is 0 Å². The maximum absolute atomic E-state index is 11.9. The first-order chi connectivity index (χ1) is 9.02. The molecule has 0 aliphatic rings. The van der Waals surface area contributed by atoms with E-state index in [4.69, 9.17) is 28.9 Å². The average Bonchev–Trinajstić information content (AvgIpc) is 2.26.